The summed E-state index contributed by atoms with van der Waals surface area (Å²) in [6, 6.07) is 6.11. The monoisotopic (exact) mass is 609 g/mol. The number of aliphatic carboxylic acids is 1. The summed E-state index contributed by atoms with van der Waals surface area (Å²) in [6.07, 6.45) is 6.43. The molecule has 2 fully saturated rings. The maximum Gasteiger partial charge on any atom is 0.408 e. The first-order chi connectivity index (χ1) is 20.9. The number of rotatable bonds is 5. The van der Waals surface area contributed by atoms with Gasteiger partial charge in [0.15, 0.2) is 0 Å². The number of nitrogens with zero attached hydrogens (tertiary/aromatic N) is 3. The molecule has 5 atom stereocenters. The van der Waals surface area contributed by atoms with Crippen molar-refractivity contribution in [3.63, 3.8) is 0 Å². The van der Waals surface area contributed by atoms with Crippen LogP contribution in [0, 0.1) is 5.92 Å². The highest BCUT2D eigenvalue weighted by molar-refractivity contribution is 5.96. The maximum atomic E-state index is 14.1. The zero-order chi connectivity index (χ0) is 31.6. The summed E-state index contributed by atoms with van der Waals surface area (Å²) in [5, 5.41) is 15.6. The highest BCUT2D eigenvalue weighted by atomic mass is 16.6. The molecule has 0 radical (unpaired) electrons. The van der Waals surface area contributed by atoms with Crippen LogP contribution in [0.3, 0.4) is 0 Å². The molecule has 1 aromatic heterocycles. The predicted molar refractivity (Wildman–Crippen MR) is 162 cm³/mol. The first kappa shape index (κ1) is 31.3. The normalized spacial score (nSPS) is 27.9. The molecule has 1 saturated carbocycles. The van der Waals surface area contributed by atoms with Gasteiger partial charge in [-0.1, -0.05) is 37.1 Å². The van der Waals surface area contributed by atoms with Crippen molar-refractivity contribution in [1.82, 2.24) is 25.1 Å². The largest absolute Gasteiger partial charge is 0.479 e. The van der Waals surface area contributed by atoms with Crippen LogP contribution < -0.4 is 15.4 Å². The number of allylic oxidation sites excluding steroid dienone is 1. The summed E-state index contributed by atoms with van der Waals surface area (Å²) in [7, 11) is 0. The number of hydrogen-bond acceptors (Lipinski definition) is 7. The van der Waals surface area contributed by atoms with E-state index in [2.05, 4.69) is 15.6 Å². The average molecular weight is 610 g/mol. The lowest BCUT2D eigenvalue weighted by Crippen LogP contribution is -2.56. The number of amides is 3. The van der Waals surface area contributed by atoms with Crippen molar-refractivity contribution in [1.29, 1.82) is 0 Å². The Morgan fingerprint density at radius 2 is 1.95 bits per heavy atom. The summed E-state index contributed by atoms with van der Waals surface area (Å²) >= 11 is 0. The fourth-order valence-electron chi connectivity index (χ4n) is 6.19. The molecule has 3 amide bonds. The summed E-state index contributed by atoms with van der Waals surface area (Å²) in [5.41, 5.74) is -0.495. The first-order valence-electron chi connectivity index (χ1n) is 15.6. The molecule has 3 N–H and O–H groups in total. The van der Waals surface area contributed by atoms with Crippen molar-refractivity contribution in [3.8, 4) is 6.01 Å². The van der Waals surface area contributed by atoms with Crippen LogP contribution in [0.4, 0.5) is 4.79 Å². The molecular weight excluding hydrogens is 566 g/mol. The Kier molecular flexibility index (Phi) is 8.90. The summed E-state index contributed by atoms with van der Waals surface area (Å²) in [4.78, 5) is 59.2. The Balaban J connectivity index is 1.44. The Morgan fingerprint density at radius 1 is 1.18 bits per heavy atom. The smallest absolute Gasteiger partial charge is 0.408 e. The Bertz CT molecular complexity index is 1450. The van der Waals surface area contributed by atoms with Crippen molar-refractivity contribution < 1.29 is 33.8 Å². The average Bonchev–Trinajstić information content (AvgIpc) is 3.30. The first-order valence-corrected chi connectivity index (χ1v) is 15.6. The van der Waals surface area contributed by atoms with E-state index in [1.54, 1.807) is 20.8 Å². The second-order valence-electron chi connectivity index (χ2n) is 13.0. The minimum absolute atomic E-state index is 0.0692. The SMILES string of the molecule is CCn1c(O[C@@H]2C[C@H]3C(=O)N[C@]4(C(=O)O)C[C@H]4C=CCCCCC[C@H](NC(=O)OC(C)(C)C)C(=O)N3C2)nc2ccccc21. The molecule has 12 heteroatoms. The van der Waals surface area contributed by atoms with E-state index in [-0.39, 0.29) is 25.3 Å². The number of aromatic nitrogens is 2. The van der Waals surface area contributed by atoms with Gasteiger partial charge >= 0.3 is 12.1 Å². The zero-order valence-electron chi connectivity index (χ0n) is 25.9. The second-order valence-corrected chi connectivity index (χ2v) is 13.0. The summed E-state index contributed by atoms with van der Waals surface area (Å²) < 4.78 is 13.7. The molecule has 238 valence electrons. The van der Waals surface area contributed by atoms with Gasteiger partial charge in [0.2, 0.25) is 11.8 Å². The predicted octanol–water partition coefficient (Wildman–Crippen LogP) is 3.78. The molecule has 5 rings (SSSR count). The molecule has 3 heterocycles. The van der Waals surface area contributed by atoms with Crippen LogP contribution in [0.2, 0.25) is 0 Å². The van der Waals surface area contributed by atoms with Gasteiger partial charge in [0.05, 0.1) is 17.6 Å². The van der Waals surface area contributed by atoms with Crippen LogP contribution in [0.15, 0.2) is 36.4 Å². The molecule has 1 saturated heterocycles. The van der Waals surface area contributed by atoms with E-state index >= 15 is 0 Å². The Hall–Kier alpha value is -4.09. The number of benzene rings is 1. The molecule has 0 unspecified atom stereocenters. The number of imidazole rings is 1. The molecule has 0 bridgehead atoms. The minimum atomic E-state index is -1.41. The Morgan fingerprint density at radius 3 is 2.68 bits per heavy atom. The van der Waals surface area contributed by atoms with Crippen molar-refractivity contribution in [3.05, 3.63) is 36.4 Å². The zero-order valence-corrected chi connectivity index (χ0v) is 25.9. The lowest BCUT2D eigenvalue weighted by Gasteiger charge is -2.30. The van der Waals surface area contributed by atoms with Crippen LogP contribution >= 0.6 is 0 Å². The molecule has 44 heavy (non-hydrogen) atoms. The molecule has 1 aromatic carbocycles. The lowest BCUT2D eigenvalue weighted by atomic mass is 10.0. The van der Waals surface area contributed by atoms with Crippen LogP contribution in [0.5, 0.6) is 6.01 Å². The number of carbonyl (C=O) groups excluding carboxylic acids is 3. The van der Waals surface area contributed by atoms with Gasteiger partial charge in [0.1, 0.15) is 29.3 Å². The molecule has 2 aliphatic heterocycles. The number of carbonyl (C=O) groups is 4. The van der Waals surface area contributed by atoms with Gasteiger partial charge in [-0.15, -0.1) is 0 Å². The third-order valence-corrected chi connectivity index (χ3v) is 8.52. The highest BCUT2D eigenvalue weighted by Gasteiger charge is 2.61. The van der Waals surface area contributed by atoms with Crippen LogP contribution in [0.25, 0.3) is 11.0 Å². The number of nitrogens with one attached hydrogen (secondary N) is 2. The second kappa shape index (κ2) is 12.5. The summed E-state index contributed by atoms with van der Waals surface area (Å²) in [5.74, 6) is -2.42. The fourth-order valence-corrected chi connectivity index (χ4v) is 6.19. The van der Waals surface area contributed by atoms with Gasteiger partial charge in [-0.05, 0) is 65.5 Å². The third-order valence-electron chi connectivity index (χ3n) is 8.52. The maximum absolute atomic E-state index is 14.1. The molecule has 0 spiro atoms. The number of hydrogen-bond donors (Lipinski definition) is 3. The van der Waals surface area contributed by atoms with Gasteiger partial charge in [0.25, 0.3) is 6.01 Å². The van der Waals surface area contributed by atoms with Crippen LogP contribution in [-0.4, -0.2) is 79.3 Å². The van der Waals surface area contributed by atoms with Crippen molar-refractivity contribution in [2.45, 2.75) is 109 Å². The number of fused-ring (bicyclic) bond motifs is 3. The van der Waals surface area contributed by atoms with E-state index in [0.717, 1.165) is 30.3 Å². The van der Waals surface area contributed by atoms with E-state index < -0.39 is 53.2 Å². The number of carboxylic acids is 1. The quantitative estimate of drug-likeness (QED) is 0.433. The molecular formula is C32H43N5O7. The number of aryl methyl sites for hydroxylation is 1. The van der Waals surface area contributed by atoms with Crippen molar-refractivity contribution in [2.24, 2.45) is 5.92 Å². The van der Waals surface area contributed by atoms with Gasteiger partial charge in [-0.25, -0.2) is 9.59 Å². The van der Waals surface area contributed by atoms with Crippen molar-refractivity contribution >= 4 is 34.9 Å². The Labute approximate surface area is 257 Å². The lowest BCUT2D eigenvalue weighted by molar-refractivity contribution is -0.145. The van der Waals surface area contributed by atoms with Crippen LogP contribution in [-0.2, 0) is 25.7 Å². The van der Waals surface area contributed by atoms with E-state index in [9.17, 15) is 24.3 Å². The molecule has 12 nitrogen and oxygen atoms in total. The standard InChI is InChI=1S/C32H43N5O7/c1-5-36-24-16-12-11-14-22(24)33-29(36)43-21-17-25-26(38)35-32(28(40)41)18-20(32)13-9-7-6-8-10-15-23(27(39)37(25)19-21)34-30(42)44-31(2,3)4/h9,11-14,16,20-21,23,25H,5-8,10,15,17-19H2,1-4H3,(H,34,42)(H,35,38)(H,40,41)/t20-,21-,23+,25+,32-/m1/s1. The molecule has 1 aliphatic carbocycles. The highest BCUT2D eigenvalue weighted by Crippen LogP contribution is 2.45. The van der Waals surface area contributed by atoms with Gasteiger partial charge in [0, 0.05) is 18.9 Å². The number of alkyl carbamates (subject to hydrolysis) is 1. The molecule has 2 aromatic rings. The summed E-state index contributed by atoms with van der Waals surface area (Å²) in [6.45, 7) is 7.89. The minimum Gasteiger partial charge on any atom is -0.479 e. The van der Waals surface area contributed by atoms with E-state index in [4.69, 9.17) is 9.47 Å². The molecule has 3 aliphatic rings. The number of carboxylic acid groups (broad SMARTS) is 1. The fraction of sp³-hybridized carbons (Fsp3) is 0.594. The van der Waals surface area contributed by atoms with E-state index in [1.165, 1.54) is 4.90 Å². The topological polar surface area (TPSA) is 152 Å². The van der Waals surface area contributed by atoms with Gasteiger partial charge in [-0.3, -0.25) is 14.2 Å². The van der Waals surface area contributed by atoms with E-state index in [0.29, 0.717) is 25.4 Å². The third kappa shape index (κ3) is 6.68. The number of para-hydroxylation sites is 2. The van der Waals surface area contributed by atoms with Crippen molar-refractivity contribution in [2.75, 3.05) is 6.54 Å². The number of ether oxygens (including phenoxy) is 2. The van der Waals surface area contributed by atoms with E-state index in [1.807, 2.05) is 47.9 Å². The van der Waals surface area contributed by atoms with Gasteiger partial charge < -0.3 is 30.1 Å². The van der Waals surface area contributed by atoms with Crippen LogP contribution in [0.1, 0.15) is 72.6 Å². The van der Waals surface area contributed by atoms with Gasteiger partial charge in [-0.2, -0.15) is 4.98 Å².